The van der Waals surface area contributed by atoms with Crippen LogP contribution >= 0.6 is 0 Å². The Morgan fingerprint density at radius 1 is 1.16 bits per heavy atom. The molecule has 0 spiro atoms. The van der Waals surface area contributed by atoms with Crippen LogP contribution in [0.4, 0.5) is 0 Å². The molecule has 1 aromatic rings. The third-order valence-electron chi connectivity index (χ3n) is 3.69. The molecule has 136 valence electrons. The summed E-state index contributed by atoms with van der Waals surface area (Å²) in [5, 5.41) is 2.79. The number of hydrogen-bond acceptors (Lipinski definition) is 6. The van der Waals surface area contributed by atoms with E-state index in [9.17, 15) is 14.4 Å². The van der Waals surface area contributed by atoms with E-state index in [2.05, 4.69) is 5.32 Å². The second-order valence-electron chi connectivity index (χ2n) is 5.74. The molecule has 0 atom stereocenters. The monoisotopic (exact) mass is 350 g/mol. The first kappa shape index (κ1) is 18.6. The summed E-state index contributed by atoms with van der Waals surface area (Å²) in [5.41, 5.74) is 0.236. The lowest BCUT2D eigenvalue weighted by Crippen LogP contribution is -2.40. The van der Waals surface area contributed by atoms with Crippen molar-refractivity contribution in [1.82, 2.24) is 10.2 Å². The van der Waals surface area contributed by atoms with Gasteiger partial charge in [0.15, 0.2) is 18.1 Å². The van der Waals surface area contributed by atoms with Gasteiger partial charge >= 0.3 is 5.97 Å². The topological polar surface area (TPSA) is 94.2 Å². The number of likely N-dealkylation sites (N-methyl/N-ethyl adjacent to an activating group) is 1. The molecule has 1 saturated carbocycles. The number of rotatable bonds is 8. The molecule has 1 aliphatic rings. The summed E-state index contributed by atoms with van der Waals surface area (Å²) in [7, 11) is 4.43. The number of carbonyl (C=O) groups is 3. The molecule has 1 aromatic carbocycles. The molecule has 1 fully saturated rings. The average molecular weight is 350 g/mol. The highest BCUT2D eigenvalue weighted by Crippen LogP contribution is 2.27. The van der Waals surface area contributed by atoms with E-state index in [4.69, 9.17) is 14.2 Å². The van der Waals surface area contributed by atoms with E-state index in [1.54, 1.807) is 6.07 Å². The van der Waals surface area contributed by atoms with Crippen LogP contribution in [-0.4, -0.2) is 63.1 Å². The quantitative estimate of drug-likeness (QED) is 0.690. The van der Waals surface area contributed by atoms with Gasteiger partial charge in [-0.2, -0.15) is 0 Å². The van der Waals surface area contributed by atoms with Gasteiger partial charge in [-0.15, -0.1) is 0 Å². The fourth-order valence-electron chi connectivity index (χ4n) is 2.09. The molecular formula is C17H22N2O6. The van der Waals surface area contributed by atoms with Crippen LogP contribution in [0.2, 0.25) is 0 Å². The van der Waals surface area contributed by atoms with E-state index in [0.29, 0.717) is 11.5 Å². The van der Waals surface area contributed by atoms with Gasteiger partial charge in [-0.25, -0.2) is 4.79 Å². The zero-order valence-electron chi connectivity index (χ0n) is 14.5. The van der Waals surface area contributed by atoms with E-state index in [1.807, 2.05) is 0 Å². The summed E-state index contributed by atoms with van der Waals surface area (Å²) in [4.78, 5) is 36.9. The minimum atomic E-state index is -0.662. The van der Waals surface area contributed by atoms with Gasteiger partial charge in [-0.3, -0.25) is 9.59 Å². The largest absolute Gasteiger partial charge is 0.493 e. The van der Waals surface area contributed by atoms with Gasteiger partial charge in [0.1, 0.15) is 0 Å². The van der Waals surface area contributed by atoms with Crippen molar-refractivity contribution in [2.45, 2.75) is 18.9 Å². The lowest BCUT2D eigenvalue weighted by molar-refractivity contribution is -0.137. The Balaban J connectivity index is 1.83. The van der Waals surface area contributed by atoms with Gasteiger partial charge in [-0.1, -0.05) is 0 Å². The maximum absolute atomic E-state index is 12.0. The molecule has 2 rings (SSSR count). The number of nitrogens with zero attached hydrogens (tertiary/aromatic N) is 1. The number of methoxy groups -OCH3 is 2. The van der Waals surface area contributed by atoms with Crippen LogP contribution < -0.4 is 14.8 Å². The fourth-order valence-corrected chi connectivity index (χ4v) is 2.09. The van der Waals surface area contributed by atoms with Crippen LogP contribution in [0.5, 0.6) is 11.5 Å². The second kappa shape index (κ2) is 8.36. The fraction of sp³-hybridized carbons (Fsp3) is 0.471. The summed E-state index contributed by atoms with van der Waals surface area (Å²) in [6, 6.07) is 4.80. The molecule has 1 N–H and O–H groups in total. The Hall–Kier alpha value is -2.77. The number of benzene rings is 1. The first-order chi connectivity index (χ1) is 11.9. The first-order valence-electron chi connectivity index (χ1n) is 7.87. The van der Waals surface area contributed by atoms with Gasteiger partial charge in [0.2, 0.25) is 5.91 Å². The maximum atomic E-state index is 12.0. The highest BCUT2D eigenvalue weighted by Gasteiger charge is 2.24. The van der Waals surface area contributed by atoms with Crippen LogP contribution in [0, 0.1) is 0 Å². The van der Waals surface area contributed by atoms with Gasteiger partial charge in [0.25, 0.3) is 5.91 Å². The van der Waals surface area contributed by atoms with Gasteiger partial charge < -0.3 is 24.4 Å². The van der Waals surface area contributed by atoms with Gasteiger partial charge in [0, 0.05) is 13.1 Å². The summed E-state index contributed by atoms with van der Waals surface area (Å²) in [5.74, 6) is -0.469. The molecule has 0 heterocycles. The second-order valence-corrected chi connectivity index (χ2v) is 5.74. The number of nitrogens with one attached hydrogen (secondary N) is 1. The normalized spacial score (nSPS) is 12.9. The Kier molecular flexibility index (Phi) is 6.21. The molecule has 0 aliphatic heterocycles. The Labute approximate surface area is 146 Å². The molecule has 25 heavy (non-hydrogen) atoms. The summed E-state index contributed by atoms with van der Waals surface area (Å²) in [6.45, 7) is -0.510. The van der Waals surface area contributed by atoms with Crippen LogP contribution in [0.3, 0.4) is 0 Å². The van der Waals surface area contributed by atoms with Gasteiger partial charge in [0.05, 0.1) is 26.3 Å². The van der Waals surface area contributed by atoms with Crippen molar-refractivity contribution in [3.8, 4) is 11.5 Å². The molecule has 0 bridgehead atoms. The van der Waals surface area contributed by atoms with Gasteiger partial charge in [-0.05, 0) is 31.0 Å². The predicted octanol–water partition coefficient (Wildman–Crippen LogP) is 0.598. The third kappa shape index (κ3) is 5.37. The van der Waals surface area contributed by atoms with Crippen molar-refractivity contribution >= 4 is 17.8 Å². The van der Waals surface area contributed by atoms with Crippen molar-refractivity contribution in [2.24, 2.45) is 0 Å². The predicted molar refractivity (Wildman–Crippen MR) is 88.6 cm³/mol. The van der Waals surface area contributed by atoms with Crippen molar-refractivity contribution < 1.29 is 28.6 Å². The van der Waals surface area contributed by atoms with Crippen LogP contribution in [0.15, 0.2) is 18.2 Å². The molecule has 2 amide bonds. The zero-order chi connectivity index (χ0) is 18.4. The van der Waals surface area contributed by atoms with E-state index in [0.717, 1.165) is 12.8 Å². The molecule has 0 aromatic heterocycles. The number of esters is 1. The zero-order valence-corrected chi connectivity index (χ0v) is 14.5. The third-order valence-corrected chi connectivity index (χ3v) is 3.69. The van der Waals surface area contributed by atoms with E-state index in [-0.39, 0.29) is 24.1 Å². The number of carbonyl (C=O) groups excluding carboxylic acids is 3. The minimum absolute atomic E-state index is 0.0662. The van der Waals surface area contributed by atoms with Crippen molar-refractivity contribution in [1.29, 1.82) is 0 Å². The standard InChI is InChI=1S/C17H22N2O6/c1-19(9-15(20)18-12-5-6-12)16(21)10-25-17(22)11-4-7-13(23-2)14(8-11)24-3/h4,7-8,12H,5-6,9-10H2,1-3H3,(H,18,20). The molecule has 0 radical (unpaired) electrons. The number of ether oxygens (including phenoxy) is 3. The minimum Gasteiger partial charge on any atom is -0.493 e. The SMILES string of the molecule is COc1ccc(C(=O)OCC(=O)N(C)CC(=O)NC2CC2)cc1OC. The highest BCUT2D eigenvalue weighted by molar-refractivity contribution is 5.92. The van der Waals surface area contributed by atoms with E-state index < -0.39 is 18.5 Å². The first-order valence-corrected chi connectivity index (χ1v) is 7.87. The number of amides is 2. The van der Waals surface area contributed by atoms with Crippen molar-refractivity contribution in [2.75, 3.05) is 34.4 Å². The summed E-state index contributed by atoms with van der Waals surface area (Å²) in [6.07, 6.45) is 1.96. The number of hydrogen-bond donors (Lipinski definition) is 1. The summed E-state index contributed by atoms with van der Waals surface area (Å²) < 4.78 is 15.2. The lowest BCUT2D eigenvalue weighted by atomic mass is 10.2. The van der Waals surface area contributed by atoms with E-state index in [1.165, 1.54) is 38.3 Å². The highest BCUT2D eigenvalue weighted by atomic mass is 16.5. The Morgan fingerprint density at radius 3 is 2.44 bits per heavy atom. The molecule has 0 saturated heterocycles. The molecule has 8 heteroatoms. The van der Waals surface area contributed by atoms with Crippen LogP contribution in [-0.2, 0) is 14.3 Å². The van der Waals surface area contributed by atoms with Crippen LogP contribution in [0.1, 0.15) is 23.2 Å². The molecule has 1 aliphatic carbocycles. The average Bonchev–Trinajstić information content (AvgIpc) is 3.42. The summed E-state index contributed by atoms with van der Waals surface area (Å²) >= 11 is 0. The Morgan fingerprint density at radius 2 is 1.84 bits per heavy atom. The van der Waals surface area contributed by atoms with E-state index >= 15 is 0 Å². The van der Waals surface area contributed by atoms with Crippen LogP contribution in [0.25, 0.3) is 0 Å². The smallest absolute Gasteiger partial charge is 0.338 e. The lowest BCUT2D eigenvalue weighted by Gasteiger charge is -2.16. The van der Waals surface area contributed by atoms with Crippen molar-refractivity contribution in [3.63, 3.8) is 0 Å². The Bertz CT molecular complexity index is 657. The van der Waals surface area contributed by atoms with Crippen molar-refractivity contribution in [3.05, 3.63) is 23.8 Å². The molecule has 8 nitrogen and oxygen atoms in total. The molecule has 0 unspecified atom stereocenters. The maximum Gasteiger partial charge on any atom is 0.338 e. The molecular weight excluding hydrogens is 328 g/mol.